The second-order valence-corrected chi connectivity index (χ2v) is 4.55. The molecule has 17 heavy (non-hydrogen) atoms. The fourth-order valence-corrected chi connectivity index (χ4v) is 1.79. The topological polar surface area (TPSA) is 60.7 Å². The monoisotopic (exact) mass is 239 g/mol. The minimum atomic E-state index is -0.555. The number of hydrogen-bond acceptors (Lipinski definition) is 4. The molecule has 5 heteroatoms. The molecule has 1 aliphatic heterocycles. The van der Waals surface area contributed by atoms with Gasteiger partial charge in [-0.25, -0.2) is 0 Å². The van der Waals surface area contributed by atoms with Crippen molar-refractivity contribution in [1.29, 1.82) is 0 Å². The standard InChI is InChI=1S/C12H17NO4/c1-8-10(4-5-15-8)11(14)13-6-9-7-16-12(2,3)17-9/h4-5,9H,6-7H2,1-3H3,(H,13,14). The Labute approximate surface area is 100 Å². The summed E-state index contributed by atoms with van der Waals surface area (Å²) in [5.74, 6) is -0.0861. The second-order valence-electron chi connectivity index (χ2n) is 4.55. The lowest BCUT2D eigenvalue weighted by Gasteiger charge is -2.17. The number of rotatable bonds is 3. The van der Waals surface area contributed by atoms with Gasteiger partial charge in [0, 0.05) is 6.54 Å². The molecule has 0 radical (unpaired) electrons. The summed E-state index contributed by atoms with van der Waals surface area (Å²) in [7, 11) is 0. The zero-order valence-corrected chi connectivity index (χ0v) is 10.3. The number of nitrogens with one attached hydrogen (secondary N) is 1. The summed E-state index contributed by atoms with van der Waals surface area (Å²) in [6, 6.07) is 1.65. The summed E-state index contributed by atoms with van der Waals surface area (Å²) >= 11 is 0. The lowest BCUT2D eigenvalue weighted by molar-refractivity contribution is -0.137. The maximum absolute atomic E-state index is 11.8. The minimum Gasteiger partial charge on any atom is -0.469 e. The van der Waals surface area contributed by atoms with Crippen LogP contribution in [0.4, 0.5) is 0 Å². The maximum Gasteiger partial charge on any atom is 0.254 e. The average molecular weight is 239 g/mol. The van der Waals surface area contributed by atoms with Crippen molar-refractivity contribution in [3.8, 4) is 0 Å². The van der Waals surface area contributed by atoms with Crippen molar-refractivity contribution in [1.82, 2.24) is 5.32 Å². The Balaban J connectivity index is 1.84. The van der Waals surface area contributed by atoms with E-state index in [1.165, 1.54) is 6.26 Å². The van der Waals surface area contributed by atoms with Gasteiger partial charge in [0.05, 0.1) is 18.4 Å². The molecule has 1 aromatic rings. The predicted molar refractivity (Wildman–Crippen MR) is 60.7 cm³/mol. The highest BCUT2D eigenvalue weighted by atomic mass is 16.7. The van der Waals surface area contributed by atoms with Crippen LogP contribution in [0.25, 0.3) is 0 Å². The first-order valence-electron chi connectivity index (χ1n) is 5.62. The Hall–Kier alpha value is -1.33. The van der Waals surface area contributed by atoms with Crippen LogP contribution in [0.3, 0.4) is 0 Å². The zero-order valence-electron chi connectivity index (χ0n) is 10.3. The fraction of sp³-hybridized carbons (Fsp3) is 0.583. The molecule has 1 atom stereocenters. The molecule has 1 aliphatic rings. The van der Waals surface area contributed by atoms with E-state index >= 15 is 0 Å². The lowest BCUT2D eigenvalue weighted by Crippen LogP contribution is -2.34. The van der Waals surface area contributed by atoms with Crippen molar-refractivity contribution in [2.24, 2.45) is 0 Å². The van der Waals surface area contributed by atoms with Gasteiger partial charge >= 0.3 is 0 Å². The van der Waals surface area contributed by atoms with Crippen LogP contribution in [0.2, 0.25) is 0 Å². The Bertz CT molecular complexity index is 410. The van der Waals surface area contributed by atoms with Gasteiger partial charge in [0.15, 0.2) is 5.79 Å². The lowest BCUT2D eigenvalue weighted by atomic mass is 10.2. The largest absolute Gasteiger partial charge is 0.469 e. The number of aryl methyl sites for hydroxylation is 1. The third kappa shape index (κ3) is 2.87. The van der Waals surface area contributed by atoms with Crippen LogP contribution >= 0.6 is 0 Å². The third-order valence-electron chi connectivity index (χ3n) is 2.66. The molecule has 1 N–H and O–H groups in total. The molecule has 1 unspecified atom stereocenters. The predicted octanol–water partition coefficient (Wildman–Crippen LogP) is 1.47. The summed E-state index contributed by atoms with van der Waals surface area (Å²) in [5.41, 5.74) is 0.558. The van der Waals surface area contributed by atoms with E-state index in [9.17, 15) is 4.79 Å². The summed E-state index contributed by atoms with van der Waals surface area (Å²) < 4.78 is 16.1. The van der Waals surface area contributed by atoms with Crippen molar-refractivity contribution in [2.45, 2.75) is 32.7 Å². The fourth-order valence-electron chi connectivity index (χ4n) is 1.79. The van der Waals surface area contributed by atoms with E-state index in [0.29, 0.717) is 24.5 Å². The van der Waals surface area contributed by atoms with Gasteiger partial charge in [-0.05, 0) is 26.8 Å². The summed E-state index contributed by atoms with van der Waals surface area (Å²) in [5, 5.41) is 2.80. The number of carbonyl (C=O) groups is 1. The molecule has 1 fully saturated rings. The molecule has 1 amide bonds. The molecule has 2 rings (SSSR count). The summed E-state index contributed by atoms with van der Waals surface area (Å²) in [6.45, 7) is 6.40. The maximum atomic E-state index is 11.8. The second kappa shape index (κ2) is 4.50. The SMILES string of the molecule is Cc1occc1C(=O)NCC1COC(C)(C)O1. The van der Waals surface area contributed by atoms with E-state index in [2.05, 4.69) is 5.32 Å². The molecule has 0 saturated carbocycles. The highest BCUT2D eigenvalue weighted by Crippen LogP contribution is 2.21. The van der Waals surface area contributed by atoms with Gasteiger partial charge in [-0.1, -0.05) is 0 Å². The molecule has 0 spiro atoms. The quantitative estimate of drug-likeness (QED) is 0.867. The number of carbonyl (C=O) groups excluding carboxylic acids is 1. The van der Waals surface area contributed by atoms with Crippen molar-refractivity contribution in [3.05, 3.63) is 23.7 Å². The highest BCUT2D eigenvalue weighted by molar-refractivity contribution is 5.95. The molecule has 5 nitrogen and oxygen atoms in total. The van der Waals surface area contributed by atoms with Gasteiger partial charge in [0.25, 0.3) is 5.91 Å². The van der Waals surface area contributed by atoms with Crippen molar-refractivity contribution < 1.29 is 18.7 Å². The first-order chi connectivity index (χ1) is 7.98. The smallest absolute Gasteiger partial charge is 0.254 e. The molecule has 1 aromatic heterocycles. The van der Waals surface area contributed by atoms with Crippen LogP contribution in [0.1, 0.15) is 30.0 Å². The van der Waals surface area contributed by atoms with E-state index in [4.69, 9.17) is 13.9 Å². The first-order valence-corrected chi connectivity index (χ1v) is 5.62. The van der Waals surface area contributed by atoms with Gasteiger partial charge in [-0.2, -0.15) is 0 Å². The van der Waals surface area contributed by atoms with E-state index in [1.54, 1.807) is 13.0 Å². The van der Waals surface area contributed by atoms with Crippen LogP contribution in [0.15, 0.2) is 16.7 Å². The van der Waals surface area contributed by atoms with E-state index in [-0.39, 0.29) is 12.0 Å². The number of furan rings is 1. The van der Waals surface area contributed by atoms with Gasteiger partial charge in [-0.15, -0.1) is 0 Å². The van der Waals surface area contributed by atoms with E-state index in [1.807, 2.05) is 13.8 Å². The van der Waals surface area contributed by atoms with Crippen molar-refractivity contribution in [3.63, 3.8) is 0 Å². The van der Waals surface area contributed by atoms with E-state index < -0.39 is 5.79 Å². The van der Waals surface area contributed by atoms with Crippen LogP contribution in [0.5, 0.6) is 0 Å². The summed E-state index contributed by atoms with van der Waals surface area (Å²) in [6.07, 6.45) is 1.41. The van der Waals surface area contributed by atoms with Crippen LogP contribution < -0.4 is 5.32 Å². The number of amides is 1. The Morgan fingerprint density at radius 3 is 2.88 bits per heavy atom. The molecule has 94 valence electrons. The summed E-state index contributed by atoms with van der Waals surface area (Å²) in [4.78, 5) is 11.8. The molecule has 0 bridgehead atoms. The number of hydrogen-bond donors (Lipinski definition) is 1. The van der Waals surface area contributed by atoms with Gasteiger partial charge in [-0.3, -0.25) is 4.79 Å². The molecular weight excluding hydrogens is 222 g/mol. The minimum absolute atomic E-state index is 0.0962. The van der Waals surface area contributed by atoms with Crippen LogP contribution in [-0.2, 0) is 9.47 Å². The Morgan fingerprint density at radius 1 is 1.59 bits per heavy atom. The highest BCUT2D eigenvalue weighted by Gasteiger charge is 2.32. The Morgan fingerprint density at radius 2 is 2.35 bits per heavy atom. The molecular formula is C12H17NO4. The molecule has 0 aromatic carbocycles. The first kappa shape index (κ1) is 12.1. The molecule has 2 heterocycles. The molecule has 1 saturated heterocycles. The van der Waals surface area contributed by atoms with Gasteiger partial charge in [0.2, 0.25) is 0 Å². The molecule has 0 aliphatic carbocycles. The van der Waals surface area contributed by atoms with Crippen LogP contribution in [0, 0.1) is 6.92 Å². The van der Waals surface area contributed by atoms with Crippen molar-refractivity contribution in [2.75, 3.05) is 13.2 Å². The average Bonchev–Trinajstić information content (AvgIpc) is 2.81. The number of ether oxygens (including phenoxy) is 2. The van der Waals surface area contributed by atoms with Gasteiger partial charge < -0.3 is 19.2 Å². The van der Waals surface area contributed by atoms with E-state index in [0.717, 1.165) is 0 Å². The van der Waals surface area contributed by atoms with Gasteiger partial charge in [0.1, 0.15) is 11.9 Å². The normalized spacial score (nSPS) is 22.6. The zero-order chi connectivity index (χ0) is 12.5. The Kier molecular flexibility index (Phi) is 3.22. The third-order valence-corrected chi connectivity index (χ3v) is 2.66. The van der Waals surface area contributed by atoms with Crippen molar-refractivity contribution >= 4 is 5.91 Å². The van der Waals surface area contributed by atoms with Crippen LogP contribution in [-0.4, -0.2) is 30.9 Å².